The van der Waals surface area contributed by atoms with Gasteiger partial charge in [0.25, 0.3) is 0 Å². The van der Waals surface area contributed by atoms with Gasteiger partial charge in [-0.1, -0.05) is 18.2 Å². The SMILES string of the molecule is CC(CNCc1cn(C)c2ccccc12)N(C)C. The molecule has 1 aromatic carbocycles. The summed E-state index contributed by atoms with van der Waals surface area (Å²) in [5.41, 5.74) is 2.68. The van der Waals surface area contributed by atoms with E-state index in [9.17, 15) is 0 Å². The third-order valence-electron chi connectivity index (χ3n) is 3.62. The van der Waals surface area contributed by atoms with Crippen LogP contribution in [0.2, 0.25) is 0 Å². The standard InChI is InChI=1S/C15H23N3/c1-12(17(2)3)9-16-10-13-11-18(4)15-8-6-5-7-14(13)15/h5-8,11-12,16H,9-10H2,1-4H3. The minimum absolute atomic E-state index is 0.556. The molecule has 0 radical (unpaired) electrons. The molecule has 0 aliphatic rings. The highest BCUT2D eigenvalue weighted by Crippen LogP contribution is 2.19. The van der Waals surface area contributed by atoms with Crippen molar-refractivity contribution in [1.29, 1.82) is 0 Å². The molecule has 18 heavy (non-hydrogen) atoms. The van der Waals surface area contributed by atoms with E-state index in [-0.39, 0.29) is 0 Å². The summed E-state index contributed by atoms with van der Waals surface area (Å²) in [6, 6.07) is 9.12. The smallest absolute Gasteiger partial charge is 0.0481 e. The summed E-state index contributed by atoms with van der Waals surface area (Å²) in [6.45, 7) is 4.17. The molecule has 1 aromatic heterocycles. The first-order valence-corrected chi connectivity index (χ1v) is 6.49. The Morgan fingerprint density at radius 3 is 2.72 bits per heavy atom. The van der Waals surface area contributed by atoms with Crippen molar-refractivity contribution in [3.05, 3.63) is 36.0 Å². The molecular formula is C15H23N3. The van der Waals surface area contributed by atoms with E-state index in [1.165, 1.54) is 16.5 Å². The highest BCUT2D eigenvalue weighted by molar-refractivity contribution is 5.83. The lowest BCUT2D eigenvalue weighted by molar-refractivity contribution is 0.303. The average molecular weight is 245 g/mol. The molecule has 0 aliphatic heterocycles. The van der Waals surface area contributed by atoms with E-state index in [2.05, 4.69) is 73.3 Å². The number of likely N-dealkylation sites (N-methyl/N-ethyl adjacent to an activating group) is 1. The number of hydrogen-bond donors (Lipinski definition) is 1. The molecule has 0 fully saturated rings. The second-order valence-corrected chi connectivity index (χ2v) is 5.23. The summed E-state index contributed by atoms with van der Waals surface area (Å²) in [5, 5.41) is 4.89. The Bertz CT molecular complexity index is 513. The molecule has 0 saturated heterocycles. The number of aryl methyl sites for hydroxylation is 1. The number of hydrogen-bond acceptors (Lipinski definition) is 2. The first-order valence-electron chi connectivity index (χ1n) is 6.49. The maximum atomic E-state index is 3.53. The number of rotatable bonds is 5. The summed E-state index contributed by atoms with van der Waals surface area (Å²) in [5.74, 6) is 0. The average Bonchev–Trinajstić information content (AvgIpc) is 2.67. The predicted molar refractivity (Wildman–Crippen MR) is 77.8 cm³/mol. The van der Waals surface area contributed by atoms with Crippen molar-refractivity contribution in [2.24, 2.45) is 7.05 Å². The Hall–Kier alpha value is -1.32. The highest BCUT2D eigenvalue weighted by Gasteiger charge is 2.07. The second kappa shape index (κ2) is 5.55. The molecule has 1 N–H and O–H groups in total. The van der Waals surface area contributed by atoms with Crippen molar-refractivity contribution in [3.8, 4) is 0 Å². The van der Waals surface area contributed by atoms with Gasteiger partial charge in [0, 0.05) is 43.3 Å². The number of aromatic nitrogens is 1. The lowest BCUT2D eigenvalue weighted by atomic mass is 10.2. The first-order chi connectivity index (χ1) is 8.59. The Morgan fingerprint density at radius 2 is 2.00 bits per heavy atom. The topological polar surface area (TPSA) is 20.2 Å². The molecule has 3 nitrogen and oxygen atoms in total. The van der Waals surface area contributed by atoms with Gasteiger partial charge in [0.15, 0.2) is 0 Å². The molecule has 1 atom stereocenters. The number of fused-ring (bicyclic) bond motifs is 1. The van der Waals surface area contributed by atoms with Crippen LogP contribution in [0, 0.1) is 0 Å². The summed E-state index contributed by atoms with van der Waals surface area (Å²) in [4.78, 5) is 2.23. The molecule has 98 valence electrons. The summed E-state index contributed by atoms with van der Waals surface area (Å²) in [7, 11) is 6.34. The fraction of sp³-hybridized carbons (Fsp3) is 0.467. The molecule has 3 heteroatoms. The third-order valence-corrected chi connectivity index (χ3v) is 3.62. The van der Waals surface area contributed by atoms with E-state index in [0.29, 0.717) is 6.04 Å². The zero-order chi connectivity index (χ0) is 13.1. The normalized spacial score (nSPS) is 13.4. The van der Waals surface area contributed by atoms with Gasteiger partial charge >= 0.3 is 0 Å². The van der Waals surface area contributed by atoms with Crippen LogP contribution in [-0.2, 0) is 13.6 Å². The quantitative estimate of drug-likeness (QED) is 0.871. The van der Waals surface area contributed by atoms with Gasteiger partial charge in [0.1, 0.15) is 0 Å². The lowest BCUT2D eigenvalue weighted by Crippen LogP contribution is -2.35. The summed E-state index contributed by atoms with van der Waals surface area (Å²) < 4.78 is 2.20. The van der Waals surface area contributed by atoms with E-state index >= 15 is 0 Å². The molecule has 1 heterocycles. The van der Waals surface area contributed by atoms with Gasteiger partial charge in [0.2, 0.25) is 0 Å². The van der Waals surface area contributed by atoms with Gasteiger partial charge in [-0.3, -0.25) is 0 Å². The van der Waals surface area contributed by atoms with Crippen LogP contribution in [0.15, 0.2) is 30.5 Å². The van der Waals surface area contributed by atoms with Gasteiger partial charge in [-0.15, -0.1) is 0 Å². The van der Waals surface area contributed by atoms with Crippen LogP contribution >= 0.6 is 0 Å². The van der Waals surface area contributed by atoms with E-state index in [0.717, 1.165) is 13.1 Å². The van der Waals surface area contributed by atoms with E-state index < -0.39 is 0 Å². The van der Waals surface area contributed by atoms with Crippen LogP contribution in [0.1, 0.15) is 12.5 Å². The molecule has 0 bridgehead atoms. The lowest BCUT2D eigenvalue weighted by Gasteiger charge is -2.19. The van der Waals surface area contributed by atoms with E-state index in [1.807, 2.05) is 0 Å². The van der Waals surface area contributed by atoms with Gasteiger partial charge in [0.05, 0.1) is 0 Å². The summed E-state index contributed by atoms with van der Waals surface area (Å²) in [6.07, 6.45) is 2.22. The zero-order valence-electron chi connectivity index (χ0n) is 11.8. The monoisotopic (exact) mass is 245 g/mol. The third kappa shape index (κ3) is 2.74. The van der Waals surface area contributed by atoms with Gasteiger partial charge in [-0.05, 0) is 32.6 Å². The molecule has 0 saturated carbocycles. The van der Waals surface area contributed by atoms with Crippen molar-refractivity contribution in [3.63, 3.8) is 0 Å². The van der Waals surface area contributed by atoms with Crippen molar-refractivity contribution in [2.75, 3.05) is 20.6 Å². The van der Waals surface area contributed by atoms with Gasteiger partial charge in [-0.2, -0.15) is 0 Å². The summed E-state index contributed by atoms with van der Waals surface area (Å²) >= 11 is 0. The molecule has 0 aliphatic carbocycles. The number of nitrogens with zero attached hydrogens (tertiary/aromatic N) is 2. The largest absolute Gasteiger partial charge is 0.350 e. The molecule has 2 rings (SSSR count). The minimum Gasteiger partial charge on any atom is -0.350 e. The number of nitrogens with one attached hydrogen (secondary N) is 1. The van der Waals surface area contributed by atoms with Crippen molar-refractivity contribution in [1.82, 2.24) is 14.8 Å². The highest BCUT2D eigenvalue weighted by atomic mass is 15.1. The molecule has 2 aromatic rings. The molecular weight excluding hydrogens is 222 g/mol. The molecule has 0 amide bonds. The fourth-order valence-electron chi connectivity index (χ4n) is 2.16. The number of benzene rings is 1. The molecule has 1 unspecified atom stereocenters. The number of para-hydroxylation sites is 1. The van der Waals surface area contributed by atoms with Gasteiger partial charge < -0.3 is 14.8 Å². The Morgan fingerprint density at radius 1 is 1.28 bits per heavy atom. The predicted octanol–water partition coefficient (Wildman–Crippen LogP) is 2.22. The van der Waals surface area contributed by atoms with Crippen molar-refractivity contribution >= 4 is 10.9 Å². The Balaban J connectivity index is 2.04. The Labute approximate surface area is 109 Å². The van der Waals surface area contributed by atoms with E-state index in [1.54, 1.807) is 0 Å². The van der Waals surface area contributed by atoms with Crippen LogP contribution in [0.25, 0.3) is 10.9 Å². The zero-order valence-corrected chi connectivity index (χ0v) is 11.8. The van der Waals surface area contributed by atoms with Gasteiger partial charge in [-0.25, -0.2) is 0 Å². The fourth-order valence-corrected chi connectivity index (χ4v) is 2.16. The van der Waals surface area contributed by atoms with Crippen LogP contribution in [-0.4, -0.2) is 36.1 Å². The maximum Gasteiger partial charge on any atom is 0.0481 e. The van der Waals surface area contributed by atoms with Crippen LogP contribution in [0.5, 0.6) is 0 Å². The first kappa shape index (κ1) is 13.1. The Kier molecular flexibility index (Phi) is 4.04. The molecule has 0 spiro atoms. The van der Waals surface area contributed by atoms with Crippen molar-refractivity contribution < 1.29 is 0 Å². The minimum atomic E-state index is 0.556. The van der Waals surface area contributed by atoms with Crippen molar-refractivity contribution in [2.45, 2.75) is 19.5 Å². The van der Waals surface area contributed by atoms with Crippen LogP contribution in [0.4, 0.5) is 0 Å². The second-order valence-electron chi connectivity index (χ2n) is 5.23. The van der Waals surface area contributed by atoms with Crippen LogP contribution < -0.4 is 5.32 Å². The van der Waals surface area contributed by atoms with Crippen LogP contribution in [0.3, 0.4) is 0 Å². The maximum absolute atomic E-state index is 3.53. The van der Waals surface area contributed by atoms with E-state index in [4.69, 9.17) is 0 Å².